The van der Waals surface area contributed by atoms with Crippen LogP contribution in [0.5, 0.6) is 0 Å². The van der Waals surface area contributed by atoms with Gasteiger partial charge in [0.15, 0.2) is 5.78 Å². The molecule has 4 rings (SSSR count). The van der Waals surface area contributed by atoms with Gasteiger partial charge in [0.2, 0.25) is 5.91 Å². The van der Waals surface area contributed by atoms with E-state index in [1.54, 1.807) is 24.3 Å². The molecule has 2 aliphatic rings. The van der Waals surface area contributed by atoms with E-state index in [0.717, 1.165) is 10.5 Å². The Morgan fingerprint density at radius 3 is 2.45 bits per heavy atom. The van der Waals surface area contributed by atoms with Gasteiger partial charge in [-0.3, -0.25) is 19.3 Å². The zero-order valence-electron chi connectivity index (χ0n) is 16.0. The van der Waals surface area contributed by atoms with Crippen LogP contribution in [0, 0.1) is 0 Å². The largest absolute Gasteiger partial charge is 0.326 e. The lowest BCUT2D eigenvalue weighted by Gasteiger charge is -2.32. The number of carbonyl (C=O) groups is 4. The lowest BCUT2D eigenvalue weighted by Crippen LogP contribution is -2.51. The number of nitrogens with zero attached hydrogens (tertiary/aromatic N) is 1. The average molecular weight is 391 g/mol. The molecule has 29 heavy (non-hydrogen) atoms. The lowest BCUT2D eigenvalue weighted by atomic mass is 9.78. The third-order valence-electron chi connectivity index (χ3n) is 5.51. The van der Waals surface area contributed by atoms with Crippen LogP contribution in [0.15, 0.2) is 48.5 Å². The minimum Gasteiger partial charge on any atom is -0.326 e. The number of ketones is 1. The second-order valence-electron chi connectivity index (χ2n) is 7.53. The number of imide groups is 1. The van der Waals surface area contributed by atoms with Crippen molar-refractivity contribution in [1.82, 2.24) is 10.2 Å². The first-order chi connectivity index (χ1) is 13.9. The zero-order valence-corrected chi connectivity index (χ0v) is 16.0. The summed E-state index contributed by atoms with van der Waals surface area (Å²) in [6.45, 7) is 1.09. The first-order valence-corrected chi connectivity index (χ1v) is 9.50. The molecule has 1 unspecified atom stereocenters. The van der Waals surface area contributed by atoms with Crippen molar-refractivity contribution in [2.45, 2.75) is 31.7 Å². The molecule has 1 aliphatic carbocycles. The SMILES string of the molecule is CC(=O)Nc1ccc(C(=O)CN2C(=O)NC3(CCc4ccccc4C3)C2=O)cc1. The van der Waals surface area contributed by atoms with Gasteiger partial charge < -0.3 is 10.6 Å². The van der Waals surface area contributed by atoms with Crippen molar-refractivity contribution in [2.24, 2.45) is 0 Å². The molecule has 148 valence electrons. The summed E-state index contributed by atoms with van der Waals surface area (Å²) in [5, 5.41) is 5.46. The first-order valence-electron chi connectivity index (χ1n) is 9.50. The maximum absolute atomic E-state index is 13.1. The summed E-state index contributed by atoms with van der Waals surface area (Å²) in [5.74, 6) is -0.890. The van der Waals surface area contributed by atoms with Crippen LogP contribution in [0.25, 0.3) is 0 Å². The summed E-state index contributed by atoms with van der Waals surface area (Å²) < 4.78 is 0. The van der Waals surface area contributed by atoms with E-state index in [2.05, 4.69) is 10.6 Å². The third-order valence-corrected chi connectivity index (χ3v) is 5.51. The Morgan fingerprint density at radius 1 is 1.07 bits per heavy atom. The molecule has 0 saturated carbocycles. The Labute approximate surface area is 168 Å². The number of carbonyl (C=O) groups excluding carboxylic acids is 4. The average Bonchev–Trinajstić information content (AvgIpc) is 2.92. The molecule has 1 aliphatic heterocycles. The highest BCUT2D eigenvalue weighted by atomic mass is 16.2. The van der Waals surface area contributed by atoms with Crippen LogP contribution < -0.4 is 10.6 Å². The van der Waals surface area contributed by atoms with E-state index in [1.807, 2.05) is 24.3 Å². The number of fused-ring (bicyclic) bond motifs is 1. The van der Waals surface area contributed by atoms with Crippen LogP contribution in [0.3, 0.4) is 0 Å². The topological polar surface area (TPSA) is 95.6 Å². The summed E-state index contributed by atoms with van der Waals surface area (Å²) in [7, 11) is 0. The van der Waals surface area contributed by atoms with Gasteiger partial charge in [0, 0.05) is 24.6 Å². The van der Waals surface area contributed by atoms with Gasteiger partial charge in [0.25, 0.3) is 5.91 Å². The fourth-order valence-corrected chi connectivity index (χ4v) is 4.02. The number of rotatable bonds is 4. The van der Waals surface area contributed by atoms with Crippen LogP contribution >= 0.6 is 0 Å². The van der Waals surface area contributed by atoms with Gasteiger partial charge in [0.1, 0.15) is 5.54 Å². The predicted octanol–water partition coefficient (Wildman–Crippen LogP) is 2.31. The van der Waals surface area contributed by atoms with E-state index in [0.29, 0.717) is 30.5 Å². The van der Waals surface area contributed by atoms with E-state index in [-0.39, 0.29) is 24.1 Å². The number of anilines is 1. The fourth-order valence-electron chi connectivity index (χ4n) is 4.02. The summed E-state index contributed by atoms with van der Waals surface area (Å²) in [6.07, 6.45) is 1.66. The number of Topliss-reactive ketones (excluding diaryl/α,β-unsaturated/α-hetero) is 1. The molecule has 1 fully saturated rings. The molecular formula is C22H21N3O4. The van der Waals surface area contributed by atoms with Gasteiger partial charge in [-0.2, -0.15) is 0 Å². The van der Waals surface area contributed by atoms with Crippen molar-refractivity contribution >= 4 is 29.3 Å². The smallest absolute Gasteiger partial charge is 0.325 e. The number of benzene rings is 2. The molecule has 0 aromatic heterocycles. The van der Waals surface area contributed by atoms with Crippen LogP contribution in [0.2, 0.25) is 0 Å². The minimum atomic E-state index is -0.971. The molecule has 1 saturated heterocycles. The van der Waals surface area contributed by atoms with Crippen molar-refractivity contribution < 1.29 is 19.2 Å². The van der Waals surface area contributed by atoms with Gasteiger partial charge in [-0.15, -0.1) is 0 Å². The summed E-state index contributed by atoms with van der Waals surface area (Å²) in [6, 6.07) is 13.7. The van der Waals surface area contributed by atoms with Crippen molar-refractivity contribution in [3.8, 4) is 0 Å². The van der Waals surface area contributed by atoms with Crippen molar-refractivity contribution in [3.05, 3.63) is 65.2 Å². The molecule has 0 bridgehead atoms. The van der Waals surface area contributed by atoms with Crippen molar-refractivity contribution in [2.75, 3.05) is 11.9 Å². The molecule has 1 atom stereocenters. The zero-order chi connectivity index (χ0) is 20.6. The molecule has 7 heteroatoms. The second-order valence-corrected chi connectivity index (χ2v) is 7.53. The maximum Gasteiger partial charge on any atom is 0.325 e. The number of urea groups is 1. The molecule has 1 spiro atoms. The number of nitrogens with one attached hydrogen (secondary N) is 2. The normalized spacial score (nSPS) is 20.4. The third kappa shape index (κ3) is 3.51. The predicted molar refractivity (Wildman–Crippen MR) is 107 cm³/mol. The highest BCUT2D eigenvalue weighted by Gasteiger charge is 2.52. The molecule has 2 N–H and O–H groups in total. The van der Waals surface area contributed by atoms with E-state index in [4.69, 9.17) is 0 Å². The molecule has 2 aromatic rings. The van der Waals surface area contributed by atoms with Crippen molar-refractivity contribution in [3.63, 3.8) is 0 Å². The number of hydrogen-bond donors (Lipinski definition) is 2. The quantitative estimate of drug-likeness (QED) is 0.618. The summed E-state index contributed by atoms with van der Waals surface area (Å²) in [5.41, 5.74) is 2.21. The highest BCUT2D eigenvalue weighted by molar-refractivity contribution is 6.11. The molecule has 0 radical (unpaired) electrons. The highest BCUT2D eigenvalue weighted by Crippen LogP contribution is 2.33. The van der Waals surface area contributed by atoms with E-state index >= 15 is 0 Å². The number of hydrogen-bond acceptors (Lipinski definition) is 4. The molecule has 1 heterocycles. The fraction of sp³-hybridized carbons (Fsp3) is 0.273. The van der Waals surface area contributed by atoms with Crippen LogP contribution in [0.4, 0.5) is 10.5 Å². The van der Waals surface area contributed by atoms with Crippen LogP contribution in [0.1, 0.15) is 34.8 Å². The van der Waals surface area contributed by atoms with Crippen LogP contribution in [-0.4, -0.2) is 40.6 Å². The van der Waals surface area contributed by atoms with E-state index in [9.17, 15) is 19.2 Å². The maximum atomic E-state index is 13.1. The Hall–Kier alpha value is -3.48. The Bertz CT molecular complexity index is 1010. The number of amides is 4. The van der Waals surface area contributed by atoms with Gasteiger partial charge in [-0.25, -0.2) is 4.79 Å². The van der Waals surface area contributed by atoms with Gasteiger partial charge in [0.05, 0.1) is 6.54 Å². The monoisotopic (exact) mass is 391 g/mol. The van der Waals surface area contributed by atoms with E-state index < -0.39 is 11.6 Å². The van der Waals surface area contributed by atoms with Gasteiger partial charge >= 0.3 is 6.03 Å². The Kier molecular flexibility index (Phi) is 4.66. The Balaban J connectivity index is 1.48. The molecule has 2 aromatic carbocycles. The van der Waals surface area contributed by atoms with Gasteiger partial charge in [-0.05, 0) is 48.2 Å². The first kappa shape index (κ1) is 18.9. The second kappa shape index (κ2) is 7.16. The molecule has 7 nitrogen and oxygen atoms in total. The minimum absolute atomic E-state index is 0.206. The summed E-state index contributed by atoms with van der Waals surface area (Å²) in [4.78, 5) is 50.3. The standard InChI is InChI=1S/C22H21N3O4/c1-14(26)23-18-8-6-16(7-9-18)19(27)13-25-20(28)22(24-21(25)29)11-10-15-4-2-3-5-17(15)12-22/h2-9H,10-13H2,1H3,(H,23,26)(H,24,29). The van der Waals surface area contributed by atoms with Gasteiger partial charge in [-0.1, -0.05) is 24.3 Å². The Morgan fingerprint density at radius 2 is 1.76 bits per heavy atom. The lowest BCUT2D eigenvalue weighted by molar-refractivity contribution is -0.131. The molecular weight excluding hydrogens is 370 g/mol. The van der Waals surface area contributed by atoms with E-state index in [1.165, 1.54) is 12.5 Å². The molecule has 4 amide bonds. The van der Waals surface area contributed by atoms with Crippen molar-refractivity contribution in [1.29, 1.82) is 0 Å². The number of aryl methyl sites for hydroxylation is 1. The summed E-state index contributed by atoms with van der Waals surface area (Å²) >= 11 is 0. The van der Waals surface area contributed by atoms with Crippen LogP contribution in [-0.2, 0) is 22.4 Å².